The summed E-state index contributed by atoms with van der Waals surface area (Å²) >= 11 is 0. The van der Waals surface area contributed by atoms with Crippen LogP contribution in [0.1, 0.15) is 42.5 Å². The second-order valence-electron chi connectivity index (χ2n) is 5.40. The molecule has 1 saturated carbocycles. The van der Waals surface area contributed by atoms with Gasteiger partial charge in [-0.15, -0.1) is 0 Å². The van der Waals surface area contributed by atoms with E-state index in [1.54, 1.807) is 24.3 Å². The van der Waals surface area contributed by atoms with E-state index in [9.17, 15) is 14.7 Å². The Labute approximate surface area is 124 Å². The molecule has 2 atom stereocenters. The largest absolute Gasteiger partial charge is 0.391 e. The summed E-state index contributed by atoms with van der Waals surface area (Å²) in [4.78, 5) is 23.6. The quantitative estimate of drug-likeness (QED) is 0.763. The number of aliphatic hydroxyl groups is 1. The fourth-order valence-corrected chi connectivity index (χ4v) is 2.54. The van der Waals surface area contributed by atoms with Gasteiger partial charge in [0.15, 0.2) is 0 Å². The van der Waals surface area contributed by atoms with Gasteiger partial charge >= 0.3 is 0 Å². The van der Waals surface area contributed by atoms with Gasteiger partial charge in [0.05, 0.1) is 12.1 Å². The molecule has 5 heteroatoms. The van der Waals surface area contributed by atoms with Crippen LogP contribution in [0, 0.1) is 0 Å². The lowest BCUT2D eigenvalue weighted by atomic mass is 9.92. The molecule has 2 amide bonds. The third-order valence-corrected chi connectivity index (χ3v) is 3.75. The minimum Gasteiger partial charge on any atom is -0.391 e. The first-order valence-electron chi connectivity index (χ1n) is 7.47. The molecule has 1 fully saturated rings. The molecule has 1 aromatic rings. The fourth-order valence-electron chi connectivity index (χ4n) is 2.54. The molecule has 2 unspecified atom stereocenters. The maximum atomic E-state index is 11.8. The predicted octanol–water partition coefficient (Wildman–Crippen LogP) is 1.23. The Morgan fingerprint density at radius 1 is 1.14 bits per heavy atom. The standard InChI is InChI=1S/C16H22N2O3/c19-14-9-5-4-8-13(14)18-15(20)10-11-17-16(21)12-6-2-1-3-7-12/h1-3,6-7,13-14,19H,4-5,8-11H2,(H,17,21)(H,18,20). The van der Waals surface area contributed by atoms with Crippen LogP contribution < -0.4 is 10.6 Å². The summed E-state index contributed by atoms with van der Waals surface area (Å²) in [5.41, 5.74) is 0.584. The van der Waals surface area contributed by atoms with Crippen LogP contribution in [0.4, 0.5) is 0 Å². The van der Waals surface area contributed by atoms with Crippen LogP contribution in [0.3, 0.4) is 0 Å². The molecule has 0 aromatic heterocycles. The molecule has 0 aliphatic heterocycles. The Balaban J connectivity index is 1.68. The number of benzene rings is 1. The van der Waals surface area contributed by atoms with Crippen LogP contribution in [0.5, 0.6) is 0 Å². The van der Waals surface area contributed by atoms with Crippen molar-refractivity contribution in [3.05, 3.63) is 35.9 Å². The fraction of sp³-hybridized carbons (Fsp3) is 0.500. The number of rotatable bonds is 5. The Bertz CT molecular complexity index is 476. The Kier molecular flexibility index (Phi) is 5.75. The monoisotopic (exact) mass is 290 g/mol. The molecule has 0 radical (unpaired) electrons. The van der Waals surface area contributed by atoms with E-state index in [-0.39, 0.29) is 24.3 Å². The maximum absolute atomic E-state index is 11.8. The van der Waals surface area contributed by atoms with E-state index < -0.39 is 6.10 Å². The maximum Gasteiger partial charge on any atom is 0.251 e. The van der Waals surface area contributed by atoms with Crippen molar-refractivity contribution >= 4 is 11.8 Å². The van der Waals surface area contributed by atoms with Gasteiger partial charge in [0.2, 0.25) is 5.91 Å². The molecule has 0 bridgehead atoms. The molecule has 21 heavy (non-hydrogen) atoms. The van der Waals surface area contributed by atoms with E-state index in [2.05, 4.69) is 10.6 Å². The average Bonchev–Trinajstić information content (AvgIpc) is 2.50. The summed E-state index contributed by atoms with van der Waals surface area (Å²) in [7, 11) is 0. The number of hydrogen-bond acceptors (Lipinski definition) is 3. The van der Waals surface area contributed by atoms with Crippen molar-refractivity contribution in [3.63, 3.8) is 0 Å². The van der Waals surface area contributed by atoms with Crippen LogP contribution in [-0.4, -0.2) is 35.6 Å². The van der Waals surface area contributed by atoms with Crippen molar-refractivity contribution < 1.29 is 14.7 Å². The van der Waals surface area contributed by atoms with Gasteiger partial charge in [-0.2, -0.15) is 0 Å². The second kappa shape index (κ2) is 7.78. The first kappa shape index (κ1) is 15.5. The zero-order chi connectivity index (χ0) is 15.1. The summed E-state index contributed by atoms with van der Waals surface area (Å²) in [6.45, 7) is 0.294. The minimum absolute atomic E-state index is 0.130. The Hall–Kier alpha value is -1.88. The summed E-state index contributed by atoms with van der Waals surface area (Å²) in [5.74, 6) is -0.310. The molecule has 0 spiro atoms. The average molecular weight is 290 g/mol. The van der Waals surface area contributed by atoms with Gasteiger partial charge in [-0.25, -0.2) is 0 Å². The lowest BCUT2D eigenvalue weighted by Crippen LogP contribution is -2.45. The topological polar surface area (TPSA) is 78.4 Å². The van der Waals surface area contributed by atoms with Crippen LogP contribution >= 0.6 is 0 Å². The summed E-state index contributed by atoms with van der Waals surface area (Å²) in [5, 5.41) is 15.4. The molecule has 1 aliphatic carbocycles. The van der Waals surface area contributed by atoms with Crippen molar-refractivity contribution in [1.82, 2.24) is 10.6 Å². The van der Waals surface area contributed by atoms with Crippen molar-refractivity contribution in [2.75, 3.05) is 6.54 Å². The van der Waals surface area contributed by atoms with E-state index in [0.29, 0.717) is 12.1 Å². The van der Waals surface area contributed by atoms with E-state index in [1.807, 2.05) is 6.07 Å². The minimum atomic E-state index is -0.443. The molecule has 1 aliphatic rings. The first-order valence-corrected chi connectivity index (χ1v) is 7.47. The summed E-state index contributed by atoms with van der Waals surface area (Å²) in [6, 6.07) is 8.76. The van der Waals surface area contributed by atoms with E-state index >= 15 is 0 Å². The highest BCUT2D eigenvalue weighted by atomic mass is 16.3. The SMILES string of the molecule is O=C(CCNC(=O)c1ccccc1)NC1CCCCC1O. The van der Waals surface area contributed by atoms with Crippen LogP contribution in [-0.2, 0) is 4.79 Å². The molecule has 1 aromatic carbocycles. The smallest absolute Gasteiger partial charge is 0.251 e. The number of carbonyl (C=O) groups excluding carboxylic acids is 2. The van der Waals surface area contributed by atoms with Gasteiger partial charge in [-0.05, 0) is 25.0 Å². The van der Waals surface area contributed by atoms with Crippen molar-refractivity contribution in [2.45, 2.75) is 44.2 Å². The Morgan fingerprint density at radius 3 is 2.57 bits per heavy atom. The molecule has 0 heterocycles. The van der Waals surface area contributed by atoms with Crippen LogP contribution in [0.2, 0.25) is 0 Å². The predicted molar refractivity (Wildman–Crippen MR) is 79.8 cm³/mol. The van der Waals surface area contributed by atoms with Gasteiger partial charge < -0.3 is 15.7 Å². The zero-order valence-electron chi connectivity index (χ0n) is 12.0. The summed E-state index contributed by atoms with van der Waals surface area (Å²) < 4.78 is 0. The lowest BCUT2D eigenvalue weighted by molar-refractivity contribution is -0.122. The molecule has 5 nitrogen and oxygen atoms in total. The highest BCUT2D eigenvalue weighted by molar-refractivity contribution is 5.94. The first-order chi connectivity index (χ1) is 10.2. The number of aliphatic hydroxyl groups excluding tert-OH is 1. The van der Waals surface area contributed by atoms with E-state index in [0.717, 1.165) is 25.7 Å². The third kappa shape index (κ3) is 4.86. The normalized spacial score (nSPS) is 21.6. The van der Waals surface area contributed by atoms with E-state index in [1.165, 1.54) is 0 Å². The van der Waals surface area contributed by atoms with Crippen molar-refractivity contribution in [1.29, 1.82) is 0 Å². The van der Waals surface area contributed by atoms with E-state index in [4.69, 9.17) is 0 Å². The van der Waals surface area contributed by atoms with Crippen LogP contribution in [0.15, 0.2) is 30.3 Å². The second-order valence-corrected chi connectivity index (χ2v) is 5.40. The molecule has 3 N–H and O–H groups in total. The van der Waals surface area contributed by atoms with Gasteiger partial charge in [0, 0.05) is 18.5 Å². The van der Waals surface area contributed by atoms with Gasteiger partial charge in [0.1, 0.15) is 0 Å². The molecule has 0 saturated heterocycles. The third-order valence-electron chi connectivity index (χ3n) is 3.75. The highest BCUT2D eigenvalue weighted by Crippen LogP contribution is 2.18. The van der Waals surface area contributed by atoms with Crippen molar-refractivity contribution in [3.8, 4) is 0 Å². The number of amides is 2. The van der Waals surface area contributed by atoms with Crippen LogP contribution in [0.25, 0.3) is 0 Å². The number of nitrogens with one attached hydrogen (secondary N) is 2. The summed E-state index contributed by atoms with van der Waals surface area (Å²) in [6.07, 6.45) is 3.40. The Morgan fingerprint density at radius 2 is 1.86 bits per heavy atom. The van der Waals surface area contributed by atoms with Gasteiger partial charge in [0.25, 0.3) is 5.91 Å². The van der Waals surface area contributed by atoms with Gasteiger partial charge in [-0.3, -0.25) is 9.59 Å². The number of carbonyl (C=O) groups is 2. The molecule has 114 valence electrons. The number of hydrogen-bond donors (Lipinski definition) is 3. The lowest BCUT2D eigenvalue weighted by Gasteiger charge is -2.28. The zero-order valence-corrected chi connectivity index (χ0v) is 12.0. The highest BCUT2D eigenvalue weighted by Gasteiger charge is 2.24. The molecule has 2 rings (SSSR count). The van der Waals surface area contributed by atoms with Gasteiger partial charge in [-0.1, -0.05) is 31.0 Å². The van der Waals surface area contributed by atoms with Crippen molar-refractivity contribution in [2.24, 2.45) is 0 Å². The molecular weight excluding hydrogens is 268 g/mol. The molecular formula is C16H22N2O3.